The van der Waals surface area contributed by atoms with E-state index in [-0.39, 0.29) is 30.7 Å². The minimum Gasteiger partial charge on any atom is -0.354 e. The Hall–Kier alpha value is -2.82. The molecule has 0 aliphatic heterocycles. The van der Waals surface area contributed by atoms with Crippen molar-refractivity contribution >= 4 is 35.0 Å². The second-order valence-electron chi connectivity index (χ2n) is 8.73. The molecule has 3 aromatic carbocycles. The van der Waals surface area contributed by atoms with E-state index in [9.17, 15) is 9.59 Å². The van der Waals surface area contributed by atoms with Crippen molar-refractivity contribution in [3.63, 3.8) is 0 Å². The lowest BCUT2D eigenvalue weighted by Crippen LogP contribution is -2.51. The minimum atomic E-state index is -0.701. The van der Waals surface area contributed by atoms with E-state index in [0.717, 1.165) is 16.7 Å². The van der Waals surface area contributed by atoms with E-state index in [0.29, 0.717) is 23.0 Å². The van der Waals surface area contributed by atoms with Crippen molar-refractivity contribution in [2.24, 2.45) is 5.92 Å². The summed E-state index contributed by atoms with van der Waals surface area (Å²) < 4.78 is 0. The monoisotopic (exact) mass is 496 g/mol. The molecule has 178 valence electrons. The summed E-state index contributed by atoms with van der Waals surface area (Å²) in [7, 11) is 0. The van der Waals surface area contributed by atoms with Gasteiger partial charge < -0.3 is 10.2 Å². The van der Waals surface area contributed by atoms with E-state index >= 15 is 0 Å². The quantitative estimate of drug-likeness (QED) is 0.377. The average molecular weight is 497 g/mol. The van der Waals surface area contributed by atoms with Crippen LogP contribution in [0.4, 0.5) is 0 Å². The van der Waals surface area contributed by atoms with E-state index in [1.165, 1.54) is 0 Å². The van der Waals surface area contributed by atoms with Gasteiger partial charge in [-0.25, -0.2) is 0 Å². The molecule has 0 bridgehead atoms. The number of amides is 2. The van der Waals surface area contributed by atoms with E-state index in [4.69, 9.17) is 23.2 Å². The maximum absolute atomic E-state index is 13.7. The number of rotatable bonds is 10. The van der Waals surface area contributed by atoms with Crippen LogP contribution >= 0.6 is 23.2 Å². The SMILES string of the molecule is CC(C)CNC(=O)[C@H](Cc1ccccc1)N(Cc1ccccc1Cl)C(=O)Cc1ccccc1Cl. The zero-order chi connectivity index (χ0) is 24.5. The Kier molecular flexibility index (Phi) is 9.55. The van der Waals surface area contributed by atoms with Crippen LogP contribution in [0.15, 0.2) is 78.9 Å². The van der Waals surface area contributed by atoms with Crippen molar-refractivity contribution in [2.75, 3.05) is 6.54 Å². The van der Waals surface area contributed by atoms with E-state index in [1.807, 2.05) is 80.6 Å². The van der Waals surface area contributed by atoms with Crippen molar-refractivity contribution in [3.8, 4) is 0 Å². The van der Waals surface area contributed by atoms with Crippen molar-refractivity contribution < 1.29 is 9.59 Å². The fourth-order valence-electron chi connectivity index (χ4n) is 3.69. The van der Waals surface area contributed by atoms with Crippen LogP contribution in [0, 0.1) is 5.92 Å². The Balaban J connectivity index is 1.98. The molecule has 0 fully saturated rings. The molecule has 1 N–H and O–H groups in total. The van der Waals surface area contributed by atoms with Gasteiger partial charge in [0.15, 0.2) is 0 Å². The average Bonchev–Trinajstić information content (AvgIpc) is 2.83. The highest BCUT2D eigenvalue weighted by molar-refractivity contribution is 6.31. The smallest absolute Gasteiger partial charge is 0.243 e. The van der Waals surface area contributed by atoms with Crippen LogP contribution in [0.5, 0.6) is 0 Å². The Bertz CT molecular complexity index is 1100. The highest BCUT2D eigenvalue weighted by Gasteiger charge is 2.31. The van der Waals surface area contributed by atoms with Gasteiger partial charge in [0.1, 0.15) is 6.04 Å². The summed E-state index contributed by atoms with van der Waals surface area (Å²) in [6.07, 6.45) is 0.482. The van der Waals surface area contributed by atoms with E-state index < -0.39 is 6.04 Å². The van der Waals surface area contributed by atoms with Crippen LogP contribution in [-0.4, -0.2) is 29.3 Å². The molecule has 2 amide bonds. The third-order valence-electron chi connectivity index (χ3n) is 5.55. The molecule has 0 saturated heterocycles. The molecule has 3 rings (SSSR count). The number of nitrogens with zero attached hydrogens (tertiary/aromatic N) is 1. The van der Waals surface area contributed by atoms with Crippen LogP contribution in [-0.2, 0) is 29.0 Å². The van der Waals surface area contributed by atoms with Gasteiger partial charge in [-0.05, 0) is 34.7 Å². The third kappa shape index (κ3) is 7.34. The summed E-state index contributed by atoms with van der Waals surface area (Å²) in [5.74, 6) is -0.0806. The van der Waals surface area contributed by atoms with Gasteiger partial charge in [-0.2, -0.15) is 0 Å². The Labute approximate surface area is 211 Å². The first-order chi connectivity index (χ1) is 16.3. The second kappa shape index (κ2) is 12.6. The molecule has 0 radical (unpaired) electrons. The Morgan fingerprint density at radius 1 is 0.824 bits per heavy atom. The Morgan fingerprint density at radius 3 is 1.97 bits per heavy atom. The highest BCUT2D eigenvalue weighted by Crippen LogP contribution is 2.23. The van der Waals surface area contributed by atoms with Crippen LogP contribution in [0.3, 0.4) is 0 Å². The maximum atomic E-state index is 13.7. The summed E-state index contributed by atoms with van der Waals surface area (Å²) in [5.41, 5.74) is 2.48. The molecule has 0 saturated carbocycles. The van der Waals surface area contributed by atoms with Gasteiger partial charge in [0, 0.05) is 29.6 Å². The summed E-state index contributed by atoms with van der Waals surface area (Å²) in [4.78, 5) is 28.8. The van der Waals surface area contributed by atoms with Gasteiger partial charge in [-0.3, -0.25) is 9.59 Å². The first-order valence-corrected chi connectivity index (χ1v) is 12.2. The number of hydrogen-bond acceptors (Lipinski definition) is 2. The topological polar surface area (TPSA) is 49.4 Å². The lowest BCUT2D eigenvalue weighted by molar-refractivity contribution is -0.140. The zero-order valence-corrected chi connectivity index (χ0v) is 21.0. The van der Waals surface area contributed by atoms with Gasteiger partial charge in [-0.1, -0.05) is 104 Å². The van der Waals surface area contributed by atoms with Gasteiger partial charge in [0.2, 0.25) is 11.8 Å². The van der Waals surface area contributed by atoms with Crippen molar-refractivity contribution in [1.29, 1.82) is 0 Å². The number of carbonyl (C=O) groups is 2. The number of nitrogens with one attached hydrogen (secondary N) is 1. The normalized spacial score (nSPS) is 11.8. The van der Waals surface area contributed by atoms with Crippen LogP contribution in [0.2, 0.25) is 10.0 Å². The van der Waals surface area contributed by atoms with E-state index in [2.05, 4.69) is 5.32 Å². The number of hydrogen-bond donors (Lipinski definition) is 1. The molecular formula is C28H30Cl2N2O2. The molecule has 0 aromatic heterocycles. The molecule has 34 heavy (non-hydrogen) atoms. The summed E-state index contributed by atoms with van der Waals surface area (Å²) >= 11 is 12.8. The molecule has 0 unspecified atom stereocenters. The first kappa shape index (κ1) is 25.8. The van der Waals surface area contributed by atoms with Crippen LogP contribution in [0.25, 0.3) is 0 Å². The molecule has 6 heteroatoms. The van der Waals surface area contributed by atoms with Crippen LogP contribution < -0.4 is 5.32 Å². The van der Waals surface area contributed by atoms with Crippen molar-refractivity contribution in [1.82, 2.24) is 10.2 Å². The molecule has 0 heterocycles. The summed E-state index contributed by atoms with van der Waals surface area (Å²) in [6, 6.07) is 23.7. The first-order valence-electron chi connectivity index (χ1n) is 11.4. The van der Waals surface area contributed by atoms with E-state index in [1.54, 1.807) is 17.0 Å². The van der Waals surface area contributed by atoms with Crippen molar-refractivity contribution in [3.05, 3.63) is 106 Å². The molecule has 3 aromatic rings. The molecule has 0 spiro atoms. The molecule has 0 aliphatic carbocycles. The van der Waals surface area contributed by atoms with Crippen molar-refractivity contribution in [2.45, 2.75) is 39.3 Å². The second-order valence-corrected chi connectivity index (χ2v) is 9.54. The van der Waals surface area contributed by atoms with Gasteiger partial charge in [0.05, 0.1) is 6.42 Å². The number of benzene rings is 3. The maximum Gasteiger partial charge on any atom is 0.243 e. The predicted molar refractivity (Wildman–Crippen MR) is 139 cm³/mol. The standard InChI is InChI=1S/C28H30Cl2N2O2/c1-20(2)18-31-28(34)26(16-21-10-4-3-5-11-21)32(19-23-13-7-9-15-25(23)30)27(33)17-22-12-6-8-14-24(22)29/h3-15,20,26H,16-19H2,1-2H3,(H,31,34)/t26-/m0/s1. The summed E-state index contributed by atoms with van der Waals surface area (Å²) in [6.45, 7) is 4.82. The Morgan fingerprint density at radius 2 is 1.38 bits per heavy atom. The molecular weight excluding hydrogens is 467 g/mol. The highest BCUT2D eigenvalue weighted by atomic mass is 35.5. The van der Waals surface area contributed by atoms with Crippen LogP contribution in [0.1, 0.15) is 30.5 Å². The number of halogens is 2. The minimum absolute atomic E-state index is 0.0902. The third-order valence-corrected chi connectivity index (χ3v) is 6.29. The van der Waals surface area contributed by atoms with Gasteiger partial charge >= 0.3 is 0 Å². The molecule has 0 aliphatic rings. The fourth-order valence-corrected chi connectivity index (χ4v) is 4.09. The largest absolute Gasteiger partial charge is 0.354 e. The lowest BCUT2D eigenvalue weighted by atomic mass is 10.0. The fraction of sp³-hybridized carbons (Fsp3) is 0.286. The lowest BCUT2D eigenvalue weighted by Gasteiger charge is -2.32. The molecule has 4 nitrogen and oxygen atoms in total. The summed E-state index contributed by atoms with van der Waals surface area (Å²) in [5, 5.41) is 4.10. The van der Waals surface area contributed by atoms with Gasteiger partial charge in [-0.15, -0.1) is 0 Å². The molecule has 1 atom stereocenters. The number of carbonyl (C=O) groups excluding carboxylic acids is 2. The van der Waals surface area contributed by atoms with Gasteiger partial charge in [0.25, 0.3) is 0 Å². The zero-order valence-electron chi connectivity index (χ0n) is 19.5. The predicted octanol–water partition coefficient (Wildman–Crippen LogP) is 5.95.